The fourth-order valence-electron chi connectivity index (χ4n) is 2.30. The fourth-order valence-corrected chi connectivity index (χ4v) is 2.30. The summed E-state index contributed by atoms with van der Waals surface area (Å²) in [5.41, 5.74) is 2.88. The summed E-state index contributed by atoms with van der Waals surface area (Å²) in [6, 6.07) is 15.6. The van der Waals surface area contributed by atoms with Gasteiger partial charge in [-0.25, -0.2) is 0 Å². The molecule has 0 aliphatic carbocycles. The van der Waals surface area contributed by atoms with Crippen LogP contribution < -0.4 is 15.4 Å². The third-order valence-electron chi connectivity index (χ3n) is 3.55. The molecule has 2 aromatic rings. The van der Waals surface area contributed by atoms with Crippen molar-refractivity contribution in [2.75, 3.05) is 17.2 Å². The number of benzene rings is 2. The third kappa shape index (κ3) is 5.30. The van der Waals surface area contributed by atoms with E-state index in [2.05, 4.69) is 24.5 Å². The highest BCUT2D eigenvalue weighted by Gasteiger charge is 2.07. The van der Waals surface area contributed by atoms with Crippen molar-refractivity contribution in [1.82, 2.24) is 0 Å². The molecule has 2 rings (SSSR count). The Morgan fingerprint density at radius 2 is 1.67 bits per heavy atom. The number of rotatable bonds is 7. The molecule has 0 aromatic heterocycles. The van der Waals surface area contributed by atoms with Gasteiger partial charge < -0.3 is 15.4 Å². The number of carbonyl (C=O) groups is 1. The lowest BCUT2D eigenvalue weighted by atomic mass is 10.0. The van der Waals surface area contributed by atoms with E-state index in [0.29, 0.717) is 5.92 Å². The van der Waals surface area contributed by atoms with Gasteiger partial charge in [-0.3, -0.25) is 4.79 Å². The van der Waals surface area contributed by atoms with Crippen LogP contribution in [0.3, 0.4) is 0 Å². The van der Waals surface area contributed by atoms with Gasteiger partial charge in [-0.1, -0.05) is 38.1 Å². The molecule has 0 bridgehead atoms. The number of hydrogen-bond donors (Lipinski definition) is 2. The summed E-state index contributed by atoms with van der Waals surface area (Å²) in [6.45, 7) is 8.43. The summed E-state index contributed by atoms with van der Waals surface area (Å²) in [4.78, 5) is 12.1. The van der Waals surface area contributed by atoms with Gasteiger partial charge in [0.05, 0.1) is 18.3 Å². The van der Waals surface area contributed by atoms with Crippen LogP contribution in [0, 0.1) is 0 Å². The molecule has 0 fully saturated rings. The molecule has 0 heterocycles. The van der Waals surface area contributed by atoms with Gasteiger partial charge in [0.15, 0.2) is 0 Å². The lowest BCUT2D eigenvalue weighted by Crippen LogP contribution is -2.22. The monoisotopic (exact) mass is 326 g/mol. The summed E-state index contributed by atoms with van der Waals surface area (Å²) in [6.07, 6.45) is 0.0845. The molecule has 24 heavy (non-hydrogen) atoms. The molecule has 2 aromatic carbocycles. The highest BCUT2D eigenvalue weighted by atomic mass is 16.5. The maximum atomic E-state index is 12.1. The maximum absolute atomic E-state index is 12.1. The minimum absolute atomic E-state index is 0.0845. The highest BCUT2D eigenvalue weighted by Crippen LogP contribution is 2.24. The van der Waals surface area contributed by atoms with Crippen LogP contribution in [-0.2, 0) is 4.79 Å². The number of anilines is 2. The molecule has 0 unspecified atom stereocenters. The molecular weight excluding hydrogens is 300 g/mol. The van der Waals surface area contributed by atoms with Gasteiger partial charge in [0.25, 0.3) is 0 Å². The number of ether oxygens (including phenoxy) is 1. The number of nitrogens with one attached hydrogen (secondary N) is 2. The molecule has 0 aliphatic heterocycles. The average Bonchev–Trinajstić information content (AvgIpc) is 2.54. The Bertz CT molecular complexity index is 664. The van der Waals surface area contributed by atoms with Crippen molar-refractivity contribution in [2.45, 2.75) is 39.7 Å². The molecule has 0 atom stereocenters. The van der Waals surface area contributed by atoms with E-state index in [1.54, 1.807) is 0 Å². The van der Waals surface area contributed by atoms with Crippen molar-refractivity contribution in [3.05, 3.63) is 54.1 Å². The minimum atomic E-state index is -0.0911. The van der Waals surface area contributed by atoms with Crippen molar-refractivity contribution >= 4 is 17.3 Å². The Kier molecular flexibility index (Phi) is 6.24. The van der Waals surface area contributed by atoms with E-state index in [-0.39, 0.29) is 18.6 Å². The normalized spacial score (nSPS) is 10.8. The molecule has 1 amide bonds. The number of carbonyl (C=O) groups excluding carboxylic acids is 1. The quantitative estimate of drug-likeness (QED) is 0.779. The molecular formula is C20H26N2O2. The molecule has 128 valence electrons. The topological polar surface area (TPSA) is 50.4 Å². The second kappa shape index (κ2) is 8.39. The molecule has 0 saturated carbocycles. The molecule has 0 aliphatic rings. The van der Waals surface area contributed by atoms with Crippen LogP contribution in [0.5, 0.6) is 5.75 Å². The highest BCUT2D eigenvalue weighted by molar-refractivity contribution is 5.93. The van der Waals surface area contributed by atoms with Crippen molar-refractivity contribution in [3.63, 3.8) is 0 Å². The molecule has 0 radical (unpaired) electrons. The van der Waals surface area contributed by atoms with Gasteiger partial charge in [-0.15, -0.1) is 0 Å². The molecule has 2 N–H and O–H groups in total. The van der Waals surface area contributed by atoms with E-state index in [4.69, 9.17) is 4.74 Å². The number of amides is 1. The summed E-state index contributed by atoms with van der Waals surface area (Å²) in [5, 5.41) is 6.03. The SMILES string of the molecule is CC(C)Oc1ccccc1NCC(=O)Nc1ccc(C(C)C)cc1. The van der Waals surface area contributed by atoms with Gasteiger partial charge in [0.1, 0.15) is 5.75 Å². The average molecular weight is 326 g/mol. The Morgan fingerprint density at radius 1 is 1.00 bits per heavy atom. The van der Waals surface area contributed by atoms with Crippen LogP contribution in [0.1, 0.15) is 39.2 Å². The van der Waals surface area contributed by atoms with Gasteiger partial charge in [-0.2, -0.15) is 0 Å². The van der Waals surface area contributed by atoms with Gasteiger partial charge in [0.2, 0.25) is 5.91 Å². The van der Waals surface area contributed by atoms with Crippen LogP contribution in [0.25, 0.3) is 0 Å². The minimum Gasteiger partial charge on any atom is -0.489 e. The first kappa shape index (κ1) is 17.9. The van der Waals surface area contributed by atoms with E-state index in [9.17, 15) is 4.79 Å². The summed E-state index contributed by atoms with van der Waals surface area (Å²) < 4.78 is 5.74. The van der Waals surface area contributed by atoms with Crippen molar-refractivity contribution in [2.24, 2.45) is 0 Å². The molecule has 0 spiro atoms. The maximum Gasteiger partial charge on any atom is 0.243 e. The second-order valence-corrected chi connectivity index (χ2v) is 6.34. The van der Waals surface area contributed by atoms with E-state index in [0.717, 1.165) is 17.1 Å². The largest absolute Gasteiger partial charge is 0.489 e. The second-order valence-electron chi connectivity index (χ2n) is 6.34. The summed E-state index contributed by atoms with van der Waals surface area (Å²) in [7, 11) is 0. The smallest absolute Gasteiger partial charge is 0.243 e. The first-order valence-corrected chi connectivity index (χ1v) is 8.35. The van der Waals surface area contributed by atoms with Crippen LogP contribution >= 0.6 is 0 Å². The van der Waals surface area contributed by atoms with E-state index >= 15 is 0 Å². The summed E-state index contributed by atoms with van der Waals surface area (Å²) >= 11 is 0. The molecule has 0 saturated heterocycles. The standard InChI is InChI=1S/C20H26N2O2/c1-14(2)16-9-11-17(12-10-16)22-20(23)13-21-18-7-5-6-8-19(18)24-15(3)4/h5-12,14-15,21H,13H2,1-4H3,(H,22,23). The van der Waals surface area contributed by atoms with Crippen molar-refractivity contribution < 1.29 is 9.53 Å². The Morgan fingerprint density at radius 3 is 2.29 bits per heavy atom. The number of para-hydroxylation sites is 2. The van der Waals surface area contributed by atoms with Gasteiger partial charge >= 0.3 is 0 Å². The fraction of sp³-hybridized carbons (Fsp3) is 0.350. The van der Waals surface area contributed by atoms with Crippen molar-refractivity contribution in [3.8, 4) is 5.75 Å². The van der Waals surface area contributed by atoms with E-state index in [1.165, 1.54) is 5.56 Å². The molecule has 4 nitrogen and oxygen atoms in total. The Balaban J connectivity index is 1.91. The zero-order chi connectivity index (χ0) is 17.5. The van der Waals surface area contributed by atoms with Gasteiger partial charge in [-0.05, 0) is 49.6 Å². The van der Waals surface area contributed by atoms with Crippen LogP contribution in [0.15, 0.2) is 48.5 Å². The first-order chi connectivity index (χ1) is 11.5. The van der Waals surface area contributed by atoms with Crippen LogP contribution in [0.2, 0.25) is 0 Å². The van der Waals surface area contributed by atoms with Gasteiger partial charge in [0, 0.05) is 5.69 Å². The van der Waals surface area contributed by atoms with Crippen LogP contribution in [-0.4, -0.2) is 18.6 Å². The lowest BCUT2D eigenvalue weighted by molar-refractivity contribution is -0.114. The molecule has 4 heteroatoms. The first-order valence-electron chi connectivity index (χ1n) is 8.35. The van der Waals surface area contributed by atoms with E-state index < -0.39 is 0 Å². The summed E-state index contributed by atoms with van der Waals surface area (Å²) in [5.74, 6) is 1.14. The zero-order valence-electron chi connectivity index (χ0n) is 14.8. The van der Waals surface area contributed by atoms with Crippen LogP contribution in [0.4, 0.5) is 11.4 Å². The predicted molar refractivity (Wildman–Crippen MR) is 99.9 cm³/mol. The Hall–Kier alpha value is -2.49. The predicted octanol–water partition coefficient (Wildman–Crippen LogP) is 4.65. The lowest BCUT2D eigenvalue weighted by Gasteiger charge is -2.15. The third-order valence-corrected chi connectivity index (χ3v) is 3.55. The van der Waals surface area contributed by atoms with E-state index in [1.807, 2.05) is 62.4 Å². The number of hydrogen-bond acceptors (Lipinski definition) is 3. The zero-order valence-corrected chi connectivity index (χ0v) is 14.8. The van der Waals surface area contributed by atoms with Crippen molar-refractivity contribution in [1.29, 1.82) is 0 Å². The Labute approximate surface area is 144 Å².